The number of nitrogens with two attached hydrogens (primary N) is 2. The summed E-state index contributed by atoms with van der Waals surface area (Å²) in [6, 6.07) is -2.58. The van der Waals surface area contributed by atoms with E-state index in [1.54, 1.807) is 0 Å². The molecule has 0 aromatic heterocycles. The summed E-state index contributed by atoms with van der Waals surface area (Å²) in [7, 11) is 0. The molecule has 0 amide bonds. The molecule has 19 heavy (non-hydrogen) atoms. The maximum atomic E-state index is 9.85. The van der Waals surface area contributed by atoms with E-state index in [4.69, 9.17) is 31.9 Å². The molecule has 1 radical (unpaired) electrons. The predicted molar refractivity (Wildman–Crippen MR) is 55.7 cm³/mol. The molecule has 115 valence electrons. The van der Waals surface area contributed by atoms with Gasteiger partial charge in [-0.2, -0.15) is 0 Å². The molecule has 10 nitrogen and oxygen atoms in total. The molecule has 0 aromatic carbocycles. The van der Waals surface area contributed by atoms with Crippen molar-refractivity contribution in [3.63, 3.8) is 0 Å². The van der Waals surface area contributed by atoms with Crippen LogP contribution in [0.25, 0.3) is 0 Å². The van der Waals surface area contributed by atoms with Gasteiger partial charge in [-0.3, -0.25) is 19.2 Å². The van der Waals surface area contributed by atoms with Gasteiger partial charge in [-0.05, 0) is 0 Å². The Kier molecular flexibility index (Phi) is 13.5. The van der Waals surface area contributed by atoms with Gasteiger partial charge in [0.2, 0.25) is 0 Å². The summed E-state index contributed by atoms with van der Waals surface area (Å²) >= 11 is 0. The van der Waals surface area contributed by atoms with Crippen LogP contribution in [0, 0.1) is 0 Å². The van der Waals surface area contributed by atoms with Crippen molar-refractivity contribution in [3.8, 4) is 0 Å². The Morgan fingerprint density at radius 2 is 0.947 bits per heavy atom. The Hall–Kier alpha value is -1.68. The number of carboxylic acids is 4. The second-order valence-electron chi connectivity index (χ2n) is 3.09. The first-order chi connectivity index (χ1) is 8.07. The van der Waals surface area contributed by atoms with Gasteiger partial charge in [0, 0.05) is 17.1 Å². The third-order valence-corrected chi connectivity index (χ3v) is 1.42. The number of hydrogen-bond acceptors (Lipinski definition) is 6. The largest absolute Gasteiger partial charge is 0.481 e. The van der Waals surface area contributed by atoms with E-state index in [1.807, 2.05) is 0 Å². The number of hydrogen-bond donors (Lipinski definition) is 6. The minimum atomic E-state index is -1.29. The summed E-state index contributed by atoms with van der Waals surface area (Å²) in [6.07, 6.45) is -1.06. The molecule has 0 aromatic rings. The molecule has 0 aliphatic heterocycles. The van der Waals surface area contributed by atoms with Crippen LogP contribution >= 0.6 is 0 Å². The van der Waals surface area contributed by atoms with Crippen molar-refractivity contribution in [1.29, 1.82) is 0 Å². The quantitative estimate of drug-likeness (QED) is 0.289. The summed E-state index contributed by atoms with van der Waals surface area (Å²) < 4.78 is 0. The normalized spacial score (nSPS) is 11.9. The van der Waals surface area contributed by atoms with Crippen molar-refractivity contribution in [1.82, 2.24) is 0 Å². The van der Waals surface area contributed by atoms with Gasteiger partial charge in [-0.25, -0.2) is 0 Å². The first-order valence-electron chi connectivity index (χ1n) is 4.48. The zero-order valence-electron chi connectivity index (χ0n) is 9.45. The molecule has 8 N–H and O–H groups in total. The van der Waals surface area contributed by atoms with Crippen LogP contribution in [0.4, 0.5) is 0 Å². The van der Waals surface area contributed by atoms with Crippen molar-refractivity contribution in [2.24, 2.45) is 11.5 Å². The molecule has 2 atom stereocenters. The summed E-state index contributed by atoms with van der Waals surface area (Å²) in [4.78, 5) is 39.2. The van der Waals surface area contributed by atoms with Gasteiger partial charge in [0.25, 0.3) is 0 Å². The predicted octanol–water partition coefficient (Wildman–Crippen LogP) is -2.26. The second kappa shape index (κ2) is 11.4. The summed E-state index contributed by atoms with van der Waals surface area (Å²) in [5, 5.41) is 32.1. The SMILES string of the molecule is N[C@@H](CC(=O)O)C(=O)O.N[C@@H](CC(=O)O)C(=O)O.[Cu]. The average Bonchev–Trinajstić information content (AvgIpc) is 2.16. The Bertz CT molecular complexity index is 303. The van der Waals surface area contributed by atoms with Gasteiger partial charge >= 0.3 is 23.9 Å². The molecular weight excluding hydrogens is 316 g/mol. The second-order valence-corrected chi connectivity index (χ2v) is 3.09. The molecule has 0 aliphatic rings. The Morgan fingerprint density at radius 1 is 0.737 bits per heavy atom. The molecule has 0 fully saturated rings. The summed E-state index contributed by atoms with van der Waals surface area (Å²) in [5.74, 6) is -5.00. The number of carboxylic acid groups (broad SMARTS) is 4. The van der Waals surface area contributed by atoms with E-state index in [0.717, 1.165) is 0 Å². The fourth-order valence-corrected chi connectivity index (χ4v) is 0.551. The third-order valence-electron chi connectivity index (χ3n) is 1.42. The molecular formula is C8H14CuN2O8. The zero-order chi connectivity index (χ0) is 14.9. The smallest absolute Gasteiger partial charge is 0.321 e. The van der Waals surface area contributed by atoms with E-state index in [9.17, 15) is 19.2 Å². The van der Waals surface area contributed by atoms with Crippen LogP contribution in [0.3, 0.4) is 0 Å². The van der Waals surface area contributed by atoms with Gasteiger partial charge in [-0.15, -0.1) is 0 Å². The van der Waals surface area contributed by atoms with E-state index in [2.05, 4.69) is 0 Å². The molecule has 0 heterocycles. The van der Waals surface area contributed by atoms with Gasteiger partial charge in [0.05, 0.1) is 12.8 Å². The van der Waals surface area contributed by atoms with Gasteiger partial charge in [0.15, 0.2) is 0 Å². The van der Waals surface area contributed by atoms with Gasteiger partial charge in [0.1, 0.15) is 12.1 Å². The van der Waals surface area contributed by atoms with Crippen LogP contribution in [-0.4, -0.2) is 56.4 Å². The first kappa shape index (κ1) is 22.5. The molecule has 0 bridgehead atoms. The monoisotopic (exact) mass is 329 g/mol. The molecule has 0 aliphatic carbocycles. The van der Waals surface area contributed by atoms with Gasteiger partial charge < -0.3 is 31.9 Å². The fraction of sp³-hybridized carbons (Fsp3) is 0.500. The van der Waals surface area contributed by atoms with Crippen molar-refractivity contribution >= 4 is 23.9 Å². The van der Waals surface area contributed by atoms with E-state index < -0.39 is 48.8 Å². The van der Waals surface area contributed by atoms with Crippen LogP contribution in [0.2, 0.25) is 0 Å². The molecule has 0 rings (SSSR count). The Balaban J connectivity index is -0.000000256. The van der Waals surface area contributed by atoms with Crippen molar-refractivity contribution in [3.05, 3.63) is 0 Å². The molecule has 0 unspecified atom stereocenters. The number of carbonyl (C=O) groups is 4. The Labute approximate surface area is 117 Å². The van der Waals surface area contributed by atoms with E-state index >= 15 is 0 Å². The van der Waals surface area contributed by atoms with Crippen LogP contribution < -0.4 is 11.5 Å². The first-order valence-corrected chi connectivity index (χ1v) is 4.48. The van der Waals surface area contributed by atoms with Crippen molar-refractivity contribution in [2.75, 3.05) is 0 Å². The van der Waals surface area contributed by atoms with Crippen molar-refractivity contribution < 1.29 is 56.7 Å². The van der Waals surface area contributed by atoms with E-state index in [0.29, 0.717) is 0 Å². The fourth-order valence-electron chi connectivity index (χ4n) is 0.551. The standard InChI is InChI=1S/2C4H7NO4.Cu/c2*5-2(4(8)9)1-3(6)7;/h2*2H,1,5H2,(H,6,7)(H,8,9);/t2*2-;/m00./s1. The van der Waals surface area contributed by atoms with Crippen LogP contribution in [0.5, 0.6) is 0 Å². The Morgan fingerprint density at radius 3 is 1.00 bits per heavy atom. The molecule has 0 saturated heterocycles. The number of aliphatic carboxylic acids is 4. The van der Waals surface area contributed by atoms with E-state index in [1.165, 1.54) is 0 Å². The topological polar surface area (TPSA) is 201 Å². The minimum Gasteiger partial charge on any atom is -0.481 e. The van der Waals surface area contributed by atoms with Crippen LogP contribution in [0.1, 0.15) is 12.8 Å². The molecule has 11 heteroatoms. The van der Waals surface area contributed by atoms with E-state index in [-0.39, 0.29) is 17.1 Å². The summed E-state index contributed by atoms with van der Waals surface area (Å²) in [5.41, 5.74) is 9.67. The maximum Gasteiger partial charge on any atom is 0.321 e. The third kappa shape index (κ3) is 16.3. The van der Waals surface area contributed by atoms with Crippen LogP contribution in [-0.2, 0) is 36.2 Å². The minimum absolute atomic E-state index is 0. The van der Waals surface area contributed by atoms with Gasteiger partial charge in [-0.1, -0.05) is 0 Å². The molecule has 0 saturated carbocycles. The van der Waals surface area contributed by atoms with Crippen molar-refractivity contribution in [2.45, 2.75) is 24.9 Å². The van der Waals surface area contributed by atoms with Crippen LogP contribution in [0.15, 0.2) is 0 Å². The molecule has 0 spiro atoms. The summed E-state index contributed by atoms with van der Waals surface area (Å²) in [6.45, 7) is 0. The number of rotatable bonds is 6. The zero-order valence-corrected chi connectivity index (χ0v) is 10.4. The maximum absolute atomic E-state index is 9.85. The average molecular weight is 330 g/mol.